The number of carbonyl (C=O) groups is 1. The minimum Gasteiger partial charge on any atom is -0.347 e. The van der Waals surface area contributed by atoms with E-state index >= 15 is 0 Å². The van der Waals surface area contributed by atoms with Crippen molar-refractivity contribution in [3.8, 4) is 16.9 Å². The first-order valence-electron chi connectivity index (χ1n) is 15.4. The van der Waals surface area contributed by atoms with Crippen LogP contribution in [0, 0.1) is 6.85 Å². The van der Waals surface area contributed by atoms with Gasteiger partial charge in [-0.3, -0.25) is 9.78 Å². The normalized spacial score (nSPS) is 18.3. The number of anilines is 1. The number of pyridine rings is 2. The Morgan fingerprint density at radius 1 is 1.19 bits per heavy atom. The number of fused-ring (bicyclic) bond motifs is 1. The first-order chi connectivity index (χ1) is 21.6. The van der Waals surface area contributed by atoms with E-state index in [1.54, 1.807) is 12.1 Å². The number of aromatic nitrogens is 4. The van der Waals surface area contributed by atoms with Crippen molar-refractivity contribution in [1.82, 2.24) is 24.4 Å². The number of amides is 1. The van der Waals surface area contributed by atoms with Crippen LogP contribution < -0.4 is 10.6 Å². The highest BCUT2D eigenvalue weighted by Gasteiger charge is 2.35. The summed E-state index contributed by atoms with van der Waals surface area (Å²) >= 11 is 6.94. The highest BCUT2D eigenvalue weighted by Crippen LogP contribution is 2.37. The standard InChI is InChI=1S/C33H34ClFN6O2/c1-8-23-11-9-10-12-24(23)28-26(34)15-25-30(37-28)41(29-19(4)13-14-36-27(29)18(2)3)33(43)38-31(25)40-20(5)16-39(17-21(40)6)32(42)22(7)35/h8-15,18,20-21H,1,7,16-17H2,2-6H3/t20-,21-/m0/s1/i4D3. The van der Waals surface area contributed by atoms with Gasteiger partial charge in [0.1, 0.15) is 5.82 Å². The zero-order valence-electron chi connectivity index (χ0n) is 27.4. The fraction of sp³-hybridized carbons (Fsp3) is 0.303. The van der Waals surface area contributed by atoms with E-state index in [2.05, 4.69) is 23.1 Å². The van der Waals surface area contributed by atoms with Gasteiger partial charge in [0.05, 0.1) is 27.5 Å². The van der Waals surface area contributed by atoms with Crippen LogP contribution in [0.4, 0.5) is 10.2 Å². The molecule has 10 heteroatoms. The summed E-state index contributed by atoms with van der Waals surface area (Å²) in [7, 11) is 0. The third kappa shape index (κ3) is 5.33. The molecule has 8 nitrogen and oxygen atoms in total. The smallest absolute Gasteiger partial charge is 0.347 e. The fourth-order valence-electron chi connectivity index (χ4n) is 5.79. The lowest BCUT2D eigenvalue weighted by atomic mass is 10.0. The van der Waals surface area contributed by atoms with Crippen molar-refractivity contribution >= 4 is 40.4 Å². The summed E-state index contributed by atoms with van der Waals surface area (Å²) in [5.74, 6) is -1.85. The van der Waals surface area contributed by atoms with Gasteiger partial charge in [-0.05, 0) is 49.9 Å². The van der Waals surface area contributed by atoms with Gasteiger partial charge in [0.15, 0.2) is 11.5 Å². The number of rotatable bonds is 6. The Morgan fingerprint density at radius 3 is 2.51 bits per heavy atom. The van der Waals surface area contributed by atoms with E-state index in [4.69, 9.17) is 20.7 Å². The molecule has 0 saturated carbocycles. The first kappa shape index (κ1) is 26.3. The molecule has 0 bridgehead atoms. The van der Waals surface area contributed by atoms with E-state index in [1.807, 2.05) is 56.9 Å². The second-order valence-electron chi connectivity index (χ2n) is 11.0. The molecule has 0 N–H and O–H groups in total. The van der Waals surface area contributed by atoms with Gasteiger partial charge in [0, 0.05) is 41.0 Å². The zero-order chi connectivity index (χ0) is 33.7. The van der Waals surface area contributed by atoms with Crippen LogP contribution in [0.5, 0.6) is 0 Å². The van der Waals surface area contributed by atoms with Gasteiger partial charge in [-0.25, -0.2) is 18.7 Å². The molecule has 222 valence electrons. The summed E-state index contributed by atoms with van der Waals surface area (Å²) in [6.07, 6.45) is 3.09. The molecule has 1 amide bonds. The van der Waals surface area contributed by atoms with Crippen LogP contribution in [0.25, 0.3) is 34.1 Å². The second-order valence-corrected chi connectivity index (χ2v) is 11.4. The van der Waals surface area contributed by atoms with Crippen molar-refractivity contribution in [2.75, 3.05) is 18.0 Å². The Morgan fingerprint density at radius 2 is 1.88 bits per heavy atom. The van der Waals surface area contributed by atoms with Crippen LogP contribution in [0.1, 0.15) is 54.5 Å². The number of benzene rings is 1. The first-order valence-corrected chi connectivity index (χ1v) is 14.3. The molecule has 1 saturated heterocycles. The zero-order valence-corrected chi connectivity index (χ0v) is 25.2. The predicted octanol–water partition coefficient (Wildman–Crippen LogP) is 6.48. The molecule has 0 unspecified atom stereocenters. The Kier molecular flexibility index (Phi) is 7.16. The van der Waals surface area contributed by atoms with E-state index in [0.717, 1.165) is 5.56 Å². The van der Waals surface area contributed by atoms with Gasteiger partial charge in [0.25, 0.3) is 5.91 Å². The monoisotopic (exact) mass is 603 g/mol. The molecule has 4 heterocycles. The molecule has 5 rings (SSSR count). The second kappa shape index (κ2) is 11.7. The quantitative estimate of drug-likeness (QED) is 0.235. The van der Waals surface area contributed by atoms with Gasteiger partial charge in [-0.15, -0.1) is 0 Å². The van der Waals surface area contributed by atoms with Crippen LogP contribution in [0.2, 0.25) is 5.02 Å². The third-order valence-corrected chi connectivity index (χ3v) is 7.93. The Labute approximate surface area is 259 Å². The average molecular weight is 604 g/mol. The summed E-state index contributed by atoms with van der Waals surface area (Å²) in [4.78, 5) is 44.0. The maximum absolute atomic E-state index is 14.3. The van der Waals surface area contributed by atoms with Crippen molar-refractivity contribution in [2.45, 2.75) is 52.5 Å². The average Bonchev–Trinajstić information content (AvgIpc) is 2.99. The minimum absolute atomic E-state index is 0.0748. The summed E-state index contributed by atoms with van der Waals surface area (Å²) in [6, 6.07) is 9.61. The number of nitrogens with zero attached hydrogens (tertiary/aromatic N) is 6. The van der Waals surface area contributed by atoms with Crippen LogP contribution in [0.3, 0.4) is 0 Å². The van der Waals surface area contributed by atoms with E-state index in [1.165, 1.54) is 21.7 Å². The highest BCUT2D eigenvalue weighted by molar-refractivity contribution is 6.34. The van der Waals surface area contributed by atoms with Crippen LogP contribution in [-0.4, -0.2) is 55.5 Å². The Bertz CT molecular complexity index is 1930. The molecule has 1 aromatic carbocycles. The molecule has 4 aromatic rings. The third-order valence-electron chi connectivity index (χ3n) is 7.64. The SMILES string of the molecule is [2H]C([2H])([2H])c1ccnc(C(C)C)c1-n1c(=O)nc(N2[C@@H](C)CN(C(=O)C(=C)F)C[C@@H]2C)c2cc(Cl)c(-c3ccccc3C=C)nc21. The lowest BCUT2D eigenvalue weighted by Crippen LogP contribution is -2.59. The van der Waals surface area contributed by atoms with Crippen molar-refractivity contribution in [3.63, 3.8) is 0 Å². The molecule has 43 heavy (non-hydrogen) atoms. The minimum atomic E-state index is -2.59. The van der Waals surface area contributed by atoms with Gasteiger partial charge in [0.2, 0.25) is 0 Å². The van der Waals surface area contributed by atoms with Crippen molar-refractivity contribution in [3.05, 3.63) is 93.9 Å². The number of aryl methyl sites for hydroxylation is 1. The molecule has 0 radical (unpaired) electrons. The van der Waals surface area contributed by atoms with Gasteiger partial charge in [-0.2, -0.15) is 4.98 Å². The summed E-state index contributed by atoms with van der Waals surface area (Å²) in [5.41, 5.74) is 1.53. The van der Waals surface area contributed by atoms with E-state index < -0.39 is 36.4 Å². The van der Waals surface area contributed by atoms with Crippen molar-refractivity contribution in [1.29, 1.82) is 0 Å². The van der Waals surface area contributed by atoms with E-state index in [-0.39, 0.29) is 46.7 Å². The number of halogens is 2. The van der Waals surface area contributed by atoms with E-state index in [9.17, 15) is 14.0 Å². The molecule has 0 aliphatic carbocycles. The van der Waals surface area contributed by atoms with Crippen LogP contribution in [-0.2, 0) is 4.79 Å². The highest BCUT2D eigenvalue weighted by atomic mass is 35.5. The topological polar surface area (TPSA) is 84.2 Å². The largest absolute Gasteiger partial charge is 0.355 e. The van der Waals surface area contributed by atoms with Crippen molar-refractivity contribution < 1.29 is 13.3 Å². The van der Waals surface area contributed by atoms with Crippen LogP contribution >= 0.6 is 11.6 Å². The number of hydrogen-bond donors (Lipinski definition) is 0. The van der Waals surface area contributed by atoms with Crippen molar-refractivity contribution in [2.24, 2.45) is 0 Å². The molecule has 1 aliphatic heterocycles. The lowest BCUT2D eigenvalue weighted by Gasteiger charge is -2.45. The lowest BCUT2D eigenvalue weighted by molar-refractivity contribution is -0.129. The molecular weight excluding hydrogens is 567 g/mol. The number of piperazine rings is 1. The summed E-state index contributed by atoms with van der Waals surface area (Å²) in [5, 5.41) is 0.650. The summed E-state index contributed by atoms with van der Waals surface area (Å²) in [6.45, 7) is 12.1. The van der Waals surface area contributed by atoms with Crippen LogP contribution in [0.15, 0.2) is 66.4 Å². The molecule has 2 atom stereocenters. The maximum atomic E-state index is 14.3. The summed E-state index contributed by atoms with van der Waals surface area (Å²) < 4.78 is 40.0. The Hall–Kier alpha value is -4.37. The molecule has 1 aliphatic rings. The maximum Gasteiger partial charge on any atom is 0.355 e. The molecule has 3 aromatic heterocycles. The molecule has 1 fully saturated rings. The van der Waals surface area contributed by atoms with Gasteiger partial charge < -0.3 is 9.80 Å². The molecular formula is C33H34ClFN6O2. The predicted molar refractivity (Wildman–Crippen MR) is 171 cm³/mol. The fourth-order valence-corrected chi connectivity index (χ4v) is 6.04. The molecule has 0 spiro atoms. The van der Waals surface area contributed by atoms with Gasteiger partial charge in [-0.1, -0.05) is 68.9 Å². The van der Waals surface area contributed by atoms with Gasteiger partial charge >= 0.3 is 5.69 Å². The Balaban J connectivity index is 1.88. The number of carbonyl (C=O) groups excluding carboxylic acids is 1. The number of hydrogen-bond acceptors (Lipinski definition) is 6. The van der Waals surface area contributed by atoms with E-state index in [0.29, 0.717) is 22.3 Å².